The van der Waals surface area contributed by atoms with Crippen molar-refractivity contribution in [1.29, 1.82) is 0 Å². The number of aryl methyl sites for hydroxylation is 1. The fourth-order valence-electron chi connectivity index (χ4n) is 3.90. The smallest absolute Gasteiger partial charge is 0.244 e. The second-order valence-corrected chi connectivity index (χ2v) is 7.40. The van der Waals surface area contributed by atoms with Crippen LogP contribution in [0.15, 0.2) is 24.3 Å². The van der Waals surface area contributed by atoms with Crippen LogP contribution in [0.2, 0.25) is 0 Å². The molecule has 2 aliphatic rings. The summed E-state index contributed by atoms with van der Waals surface area (Å²) in [4.78, 5) is 27.1. The summed E-state index contributed by atoms with van der Waals surface area (Å²) in [5.41, 5.74) is 3.13. The molecule has 0 bridgehead atoms. The minimum absolute atomic E-state index is 0.0161. The standard InChI is InChI=1S/C20H23N3O3/c1-13-14(2)21-23(15(13)3)11-19(25)22-9-8-20(12-22)10-17(24)16-6-4-5-7-18(16)26-20/h4-7H,8-12H2,1-3H3. The van der Waals surface area contributed by atoms with Gasteiger partial charge in [0, 0.05) is 18.7 Å². The average molecular weight is 353 g/mol. The highest BCUT2D eigenvalue weighted by molar-refractivity contribution is 6.00. The van der Waals surface area contributed by atoms with Gasteiger partial charge in [0.15, 0.2) is 5.78 Å². The monoisotopic (exact) mass is 353 g/mol. The van der Waals surface area contributed by atoms with Crippen LogP contribution in [0.5, 0.6) is 5.75 Å². The van der Waals surface area contributed by atoms with Gasteiger partial charge in [0.2, 0.25) is 5.91 Å². The maximum Gasteiger partial charge on any atom is 0.244 e. The molecule has 1 spiro atoms. The van der Waals surface area contributed by atoms with Gasteiger partial charge in [0.1, 0.15) is 17.9 Å². The van der Waals surface area contributed by atoms with Crippen LogP contribution in [-0.4, -0.2) is 45.1 Å². The van der Waals surface area contributed by atoms with Gasteiger partial charge in [-0.05, 0) is 38.5 Å². The minimum atomic E-state index is -0.591. The number of nitrogens with zero attached hydrogens (tertiary/aromatic N) is 3. The Morgan fingerprint density at radius 1 is 1.27 bits per heavy atom. The molecule has 2 aromatic rings. The van der Waals surface area contributed by atoms with E-state index in [-0.39, 0.29) is 18.2 Å². The van der Waals surface area contributed by atoms with Gasteiger partial charge in [-0.2, -0.15) is 5.10 Å². The van der Waals surface area contributed by atoms with Crippen LogP contribution in [0.25, 0.3) is 0 Å². The number of carbonyl (C=O) groups is 2. The second-order valence-electron chi connectivity index (χ2n) is 7.40. The first kappa shape index (κ1) is 16.8. The van der Waals surface area contributed by atoms with E-state index in [1.54, 1.807) is 15.6 Å². The third kappa shape index (κ3) is 2.69. The Morgan fingerprint density at radius 3 is 2.77 bits per heavy atom. The lowest BCUT2D eigenvalue weighted by atomic mass is 9.89. The predicted octanol–water partition coefficient (Wildman–Crippen LogP) is 2.44. The summed E-state index contributed by atoms with van der Waals surface area (Å²) in [6.45, 7) is 7.22. The lowest BCUT2D eigenvalue weighted by Crippen LogP contribution is -2.45. The second kappa shape index (κ2) is 5.97. The van der Waals surface area contributed by atoms with Gasteiger partial charge < -0.3 is 9.64 Å². The molecule has 0 aliphatic carbocycles. The van der Waals surface area contributed by atoms with Gasteiger partial charge in [-0.3, -0.25) is 14.3 Å². The Kier molecular flexibility index (Phi) is 3.86. The number of amides is 1. The number of hydrogen-bond acceptors (Lipinski definition) is 4. The van der Waals surface area contributed by atoms with E-state index < -0.39 is 5.60 Å². The number of likely N-dealkylation sites (tertiary alicyclic amines) is 1. The molecule has 1 aromatic carbocycles. The zero-order chi connectivity index (χ0) is 18.5. The molecule has 26 heavy (non-hydrogen) atoms. The molecule has 0 radical (unpaired) electrons. The van der Waals surface area contributed by atoms with Crippen molar-refractivity contribution < 1.29 is 14.3 Å². The molecular weight excluding hydrogens is 330 g/mol. The van der Waals surface area contributed by atoms with E-state index in [0.29, 0.717) is 37.2 Å². The summed E-state index contributed by atoms with van der Waals surface area (Å²) >= 11 is 0. The molecule has 4 rings (SSSR count). The SMILES string of the molecule is Cc1nn(CC(=O)N2CCC3(CC(=O)c4ccccc4O3)C2)c(C)c1C. The van der Waals surface area contributed by atoms with Gasteiger partial charge in [-0.25, -0.2) is 0 Å². The number of Topliss-reactive ketones (excluding diaryl/α,β-unsaturated/α-hetero) is 1. The summed E-state index contributed by atoms with van der Waals surface area (Å²) in [6.07, 6.45) is 1.00. The first-order valence-electron chi connectivity index (χ1n) is 8.98. The summed E-state index contributed by atoms with van der Waals surface area (Å²) in [7, 11) is 0. The van der Waals surface area contributed by atoms with E-state index in [9.17, 15) is 9.59 Å². The molecule has 1 unspecified atom stereocenters. The molecule has 1 fully saturated rings. The van der Waals surface area contributed by atoms with E-state index in [4.69, 9.17) is 4.74 Å². The van der Waals surface area contributed by atoms with Crippen LogP contribution >= 0.6 is 0 Å². The van der Waals surface area contributed by atoms with Gasteiger partial charge in [-0.1, -0.05) is 12.1 Å². The van der Waals surface area contributed by atoms with Crippen molar-refractivity contribution in [3.63, 3.8) is 0 Å². The van der Waals surface area contributed by atoms with Crippen LogP contribution in [0.3, 0.4) is 0 Å². The molecule has 1 atom stereocenters. The first-order chi connectivity index (χ1) is 12.4. The highest BCUT2D eigenvalue weighted by Gasteiger charge is 2.46. The fraction of sp³-hybridized carbons (Fsp3) is 0.450. The minimum Gasteiger partial charge on any atom is -0.484 e. The number of benzene rings is 1. The summed E-state index contributed by atoms with van der Waals surface area (Å²) < 4.78 is 7.96. The largest absolute Gasteiger partial charge is 0.484 e. The lowest BCUT2D eigenvalue weighted by Gasteiger charge is -2.34. The number of ketones is 1. The Hall–Kier alpha value is -2.63. The van der Waals surface area contributed by atoms with Crippen LogP contribution in [0, 0.1) is 20.8 Å². The van der Waals surface area contributed by atoms with Crippen molar-refractivity contribution in [2.75, 3.05) is 13.1 Å². The molecule has 2 aliphatic heterocycles. The van der Waals surface area contributed by atoms with Crippen LogP contribution < -0.4 is 4.74 Å². The summed E-state index contributed by atoms with van der Waals surface area (Å²) in [5, 5.41) is 4.45. The van der Waals surface area contributed by atoms with Crippen molar-refractivity contribution >= 4 is 11.7 Å². The van der Waals surface area contributed by atoms with Crippen molar-refractivity contribution in [1.82, 2.24) is 14.7 Å². The first-order valence-corrected chi connectivity index (χ1v) is 8.98. The fourth-order valence-corrected chi connectivity index (χ4v) is 3.90. The zero-order valence-corrected chi connectivity index (χ0v) is 15.4. The molecule has 1 saturated heterocycles. The zero-order valence-electron chi connectivity index (χ0n) is 15.4. The number of ether oxygens (including phenoxy) is 1. The van der Waals surface area contributed by atoms with Gasteiger partial charge in [0.25, 0.3) is 0 Å². The lowest BCUT2D eigenvalue weighted by molar-refractivity contribution is -0.131. The Labute approximate surface area is 152 Å². The van der Waals surface area contributed by atoms with E-state index in [1.807, 2.05) is 39.0 Å². The van der Waals surface area contributed by atoms with E-state index in [0.717, 1.165) is 17.0 Å². The van der Waals surface area contributed by atoms with E-state index in [2.05, 4.69) is 5.10 Å². The van der Waals surface area contributed by atoms with Crippen molar-refractivity contribution in [2.45, 2.75) is 45.8 Å². The van der Waals surface area contributed by atoms with Gasteiger partial charge in [-0.15, -0.1) is 0 Å². The van der Waals surface area contributed by atoms with Crippen LogP contribution in [-0.2, 0) is 11.3 Å². The molecule has 6 nitrogen and oxygen atoms in total. The van der Waals surface area contributed by atoms with E-state index >= 15 is 0 Å². The third-order valence-electron chi connectivity index (χ3n) is 5.69. The van der Waals surface area contributed by atoms with Gasteiger partial charge >= 0.3 is 0 Å². The maximum atomic E-state index is 12.8. The number of hydrogen-bond donors (Lipinski definition) is 0. The molecule has 136 valence electrons. The summed E-state index contributed by atoms with van der Waals surface area (Å²) in [5.74, 6) is 0.741. The number of aromatic nitrogens is 2. The third-order valence-corrected chi connectivity index (χ3v) is 5.69. The van der Waals surface area contributed by atoms with Crippen molar-refractivity contribution in [3.05, 3.63) is 46.8 Å². The van der Waals surface area contributed by atoms with Crippen molar-refractivity contribution in [2.24, 2.45) is 0 Å². The highest BCUT2D eigenvalue weighted by Crippen LogP contribution is 2.38. The highest BCUT2D eigenvalue weighted by atomic mass is 16.5. The molecule has 1 amide bonds. The number of fused-ring (bicyclic) bond motifs is 1. The number of carbonyl (C=O) groups excluding carboxylic acids is 2. The molecule has 0 saturated carbocycles. The average Bonchev–Trinajstić information content (AvgIpc) is 3.12. The van der Waals surface area contributed by atoms with Crippen molar-refractivity contribution in [3.8, 4) is 5.75 Å². The Bertz CT molecular complexity index is 902. The Balaban J connectivity index is 1.49. The maximum absolute atomic E-state index is 12.8. The summed E-state index contributed by atoms with van der Waals surface area (Å²) in [6, 6.07) is 7.35. The van der Waals surface area contributed by atoms with Gasteiger partial charge in [0.05, 0.1) is 24.2 Å². The molecule has 3 heterocycles. The van der Waals surface area contributed by atoms with E-state index in [1.165, 1.54) is 0 Å². The van der Waals surface area contributed by atoms with Crippen LogP contribution in [0.4, 0.5) is 0 Å². The Morgan fingerprint density at radius 2 is 2.04 bits per heavy atom. The molecule has 6 heteroatoms. The number of para-hydroxylation sites is 1. The molecule has 0 N–H and O–H groups in total. The topological polar surface area (TPSA) is 64.4 Å². The predicted molar refractivity (Wildman–Crippen MR) is 96.4 cm³/mol. The van der Waals surface area contributed by atoms with Crippen LogP contribution in [0.1, 0.15) is 40.2 Å². The quantitative estimate of drug-likeness (QED) is 0.832. The molecular formula is C20H23N3O3. The number of rotatable bonds is 2. The normalized spacial score (nSPS) is 21.8. The molecule has 1 aromatic heterocycles.